The summed E-state index contributed by atoms with van der Waals surface area (Å²) in [4.78, 5) is 13.4. The van der Waals surface area contributed by atoms with E-state index in [-0.39, 0.29) is 0 Å². The molecule has 158 valence electrons. The van der Waals surface area contributed by atoms with Crippen LogP contribution in [0.4, 0.5) is 5.82 Å². The summed E-state index contributed by atoms with van der Waals surface area (Å²) in [6, 6.07) is 8.81. The van der Waals surface area contributed by atoms with Gasteiger partial charge in [0.1, 0.15) is 24.5 Å². The van der Waals surface area contributed by atoms with Crippen LogP contribution in [0.3, 0.4) is 0 Å². The fourth-order valence-electron chi connectivity index (χ4n) is 4.69. The summed E-state index contributed by atoms with van der Waals surface area (Å²) in [5.41, 5.74) is 8.46. The van der Waals surface area contributed by atoms with E-state index in [9.17, 15) is 0 Å². The van der Waals surface area contributed by atoms with Crippen LogP contribution in [-0.4, -0.2) is 63.3 Å². The van der Waals surface area contributed by atoms with Crippen molar-refractivity contribution in [1.82, 2.24) is 24.5 Å². The standard InChI is InChI=1S/C22H29N7O/c23-9-3-11-27-13-8-17-4-1-6-20(19(17)14-27)30-15-18-5-2-12-28(18)21-7-10-24-22-25-16-26-29(21)22/h1,4,6-7,10,16,18H,2-3,5,8-9,11-15,23H2. The van der Waals surface area contributed by atoms with Crippen molar-refractivity contribution >= 4 is 11.6 Å². The molecule has 1 atom stereocenters. The zero-order valence-electron chi connectivity index (χ0n) is 17.3. The third-order valence-electron chi connectivity index (χ3n) is 6.25. The summed E-state index contributed by atoms with van der Waals surface area (Å²) in [7, 11) is 0. The van der Waals surface area contributed by atoms with E-state index in [2.05, 4.69) is 43.1 Å². The van der Waals surface area contributed by atoms with Crippen LogP contribution in [0, 0.1) is 0 Å². The van der Waals surface area contributed by atoms with E-state index in [1.54, 1.807) is 12.5 Å². The molecule has 0 aliphatic carbocycles. The van der Waals surface area contributed by atoms with Crippen LogP contribution in [0.2, 0.25) is 0 Å². The molecular formula is C22H29N7O. The smallest absolute Gasteiger partial charge is 0.254 e. The Bertz CT molecular complexity index is 1000. The minimum Gasteiger partial charge on any atom is -0.491 e. The second-order valence-corrected chi connectivity index (χ2v) is 8.14. The Labute approximate surface area is 176 Å². The monoisotopic (exact) mass is 407 g/mol. The number of nitrogens with zero attached hydrogens (tertiary/aromatic N) is 6. The van der Waals surface area contributed by atoms with Gasteiger partial charge in [0.2, 0.25) is 0 Å². The molecule has 3 aromatic rings. The van der Waals surface area contributed by atoms with Crippen LogP contribution in [0.5, 0.6) is 5.75 Å². The fourth-order valence-corrected chi connectivity index (χ4v) is 4.69. The molecule has 0 amide bonds. The summed E-state index contributed by atoms with van der Waals surface area (Å²) in [5.74, 6) is 2.69. The van der Waals surface area contributed by atoms with Crippen molar-refractivity contribution in [2.75, 3.05) is 37.7 Å². The molecule has 1 unspecified atom stereocenters. The highest BCUT2D eigenvalue weighted by Crippen LogP contribution is 2.30. The SMILES string of the molecule is NCCCN1CCc2cccc(OCC3CCCN3c3ccnc4ncnn34)c2C1. The number of ether oxygens (including phenoxy) is 1. The van der Waals surface area contributed by atoms with Crippen molar-refractivity contribution in [3.05, 3.63) is 47.9 Å². The number of hydrogen-bond acceptors (Lipinski definition) is 7. The second-order valence-electron chi connectivity index (χ2n) is 8.14. The number of anilines is 1. The van der Waals surface area contributed by atoms with Gasteiger partial charge in [0.15, 0.2) is 0 Å². The Morgan fingerprint density at radius 3 is 3.07 bits per heavy atom. The van der Waals surface area contributed by atoms with Gasteiger partial charge in [-0.05, 0) is 56.5 Å². The molecule has 0 saturated carbocycles. The number of hydrogen-bond donors (Lipinski definition) is 1. The molecule has 2 N–H and O–H groups in total. The molecule has 8 heteroatoms. The van der Waals surface area contributed by atoms with Crippen molar-refractivity contribution in [2.45, 2.75) is 38.3 Å². The number of nitrogens with two attached hydrogens (primary N) is 1. The lowest BCUT2D eigenvalue weighted by Crippen LogP contribution is -2.36. The van der Waals surface area contributed by atoms with E-state index in [0.29, 0.717) is 18.4 Å². The number of benzene rings is 1. The maximum absolute atomic E-state index is 6.43. The van der Waals surface area contributed by atoms with Crippen LogP contribution in [0.15, 0.2) is 36.8 Å². The van der Waals surface area contributed by atoms with Crippen LogP contribution in [0.25, 0.3) is 5.78 Å². The van der Waals surface area contributed by atoms with Gasteiger partial charge in [0.05, 0.1) is 6.04 Å². The molecule has 0 radical (unpaired) electrons. The van der Waals surface area contributed by atoms with Crippen molar-refractivity contribution < 1.29 is 4.74 Å². The van der Waals surface area contributed by atoms with Gasteiger partial charge in [-0.15, -0.1) is 0 Å². The lowest BCUT2D eigenvalue weighted by atomic mass is 9.98. The fraction of sp³-hybridized carbons (Fsp3) is 0.500. The maximum atomic E-state index is 6.43. The predicted octanol–water partition coefficient (Wildman–Crippen LogP) is 1.88. The third-order valence-corrected chi connectivity index (χ3v) is 6.25. The van der Waals surface area contributed by atoms with Crippen LogP contribution < -0.4 is 15.4 Å². The summed E-state index contributed by atoms with van der Waals surface area (Å²) in [5, 5.41) is 4.35. The normalized spacial score (nSPS) is 19.4. The Balaban J connectivity index is 1.31. The van der Waals surface area contributed by atoms with Crippen LogP contribution >= 0.6 is 0 Å². The van der Waals surface area contributed by atoms with Gasteiger partial charge in [0.25, 0.3) is 5.78 Å². The molecule has 1 fully saturated rings. The van der Waals surface area contributed by atoms with Gasteiger partial charge in [0, 0.05) is 31.4 Å². The first-order valence-electron chi connectivity index (χ1n) is 10.9. The van der Waals surface area contributed by atoms with Gasteiger partial charge in [-0.2, -0.15) is 14.6 Å². The topological polar surface area (TPSA) is 84.8 Å². The largest absolute Gasteiger partial charge is 0.491 e. The molecule has 2 aromatic heterocycles. The molecule has 0 spiro atoms. The Morgan fingerprint density at radius 2 is 2.13 bits per heavy atom. The first kappa shape index (κ1) is 19.3. The highest BCUT2D eigenvalue weighted by atomic mass is 16.5. The molecule has 30 heavy (non-hydrogen) atoms. The van der Waals surface area contributed by atoms with Crippen LogP contribution in [-0.2, 0) is 13.0 Å². The number of rotatable bonds is 7. The molecule has 1 aromatic carbocycles. The lowest BCUT2D eigenvalue weighted by Gasteiger charge is -2.31. The summed E-state index contributed by atoms with van der Waals surface area (Å²) >= 11 is 0. The summed E-state index contributed by atoms with van der Waals surface area (Å²) in [6.07, 6.45) is 7.73. The summed E-state index contributed by atoms with van der Waals surface area (Å²) in [6.45, 7) is 5.50. The van der Waals surface area contributed by atoms with Gasteiger partial charge in [-0.3, -0.25) is 4.90 Å². The second kappa shape index (κ2) is 8.57. The zero-order chi connectivity index (χ0) is 20.3. The molecule has 0 bridgehead atoms. The molecule has 4 heterocycles. The quantitative estimate of drug-likeness (QED) is 0.640. The first-order valence-corrected chi connectivity index (χ1v) is 10.9. The lowest BCUT2D eigenvalue weighted by molar-refractivity contribution is 0.237. The average Bonchev–Trinajstić information content (AvgIpc) is 3.45. The Hall–Kier alpha value is -2.71. The molecule has 8 nitrogen and oxygen atoms in total. The van der Waals surface area contributed by atoms with Crippen molar-refractivity contribution in [1.29, 1.82) is 0 Å². The van der Waals surface area contributed by atoms with Crippen molar-refractivity contribution in [3.8, 4) is 5.75 Å². The molecule has 2 aliphatic heterocycles. The van der Waals surface area contributed by atoms with Gasteiger partial charge >= 0.3 is 0 Å². The molecule has 1 saturated heterocycles. The molecule has 5 rings (SSSR count). The highest BCUT2D eigenvalue weighted by Gasteiger charge is 2.28. The van der Waals surface area contributed by atoms with Gasteiger partial charge in [-0.25, -0.2) is 4.98 Å². The summed E-state index contributed by atoms with van der Waals surface area (Å²) < 4.78 is 8.25. The zero-order valence-corrected chi connectivity index (χ0v) is 17.3. The maximum Gasteiger partial charge on any atom is 0.254 e. The third kappa shape index (κ3) is 3.73. The van der Waals surface area contributed by atoms with E-state index >= 15 is 0 Å². The van der Waals surface area contributed by atoms with E-state index < -0.39 is 0 Å². The van der Waals surface area contributed by atoms with Gasteiger partial charge < -0.3 is 15.4 Å². The van der Waals surface area contributed by atoms with E-state index in [0.717, 1.165) is 70.0 Å². The van der Waals surface area contributed by atoms with E-state index in [1.165, 1.54) is 11.1 Å². The number of fused-ring (bicyclic) bond motifs is 2. The first-order chi connectivity index (χ1) is 14.8. The van der Waals surface area contributed by atoms with Crippen molar-refractivity contribution in [3.63, 3.8) is 0 Å². The van der Waals surface area contributed by atoms with Crippen LogP contribution in [0.1, 0.15) is 30.4 Å². The Kier molecular flexibility index (Phi) is 5.50. The van der Waals surface area contributed by atoms with Crippen molar-refractivity contribution in [2.24, 2.45) is 5.73 Å². The van der Waals surface area contributed by atoms with Gasteiger partial charge in [-0.1, -0.05) is 12.1 Å². The predicted molar refractivity (Wildman–Crippen MR) is 116 cm³/mol. The Morgan fingerprint density at radius 1 is 1.17 bits per heavy atom. The van der Waals surface area contributed by atoms with E-state index in [1.807, 2.05) is 10.6 Å². The van der Waals surface area contributed by atoms with E-state index in [4.69, 9.17) is 10.5 Å². The molecule has 2 aliphatic rings. The highest BCUT2D eigenvalue weighted by molar-refractivity contribution is 5.47. The number of aromatic nitrogens is 4. The minimum absolute atomic E-state index is 0.313. The minimum atomic E-state index is 0.313. The molecular weight excluding hydrogens is 378 g/mol. The average molecular weight is 408 g/mol.